The highest BCUT2D eigenvalue weighted by atomic mass is 15.1. The Balaban J connectivity index is 1.21. The molecule has 2 heteroatoms. The van der Waals surface area contributed by atoms with Crippen molar-refractivity contribution in [2.45, 2.75) is 5.41 Å². The number of para-hydroxylation sites is 4. The van der Waals surface area contributed by atoms with Gasteiger partial charge in [-0.05, 0) is 138 Å². The van der Waals surface area contributed by atoms with Gasteiger partial charge < -0.3 is 9.80 Å². The van der Waals surface area contributed by atoms with Crippen LogP contribution in [0.1, 0.15) is 22.3 Å². The Hall–Kier alpha value is -8.20. The van der Waals surface area contributed by atoms with Gasteiger partial charge in [-0.3, -0.25) is 0 Å². The number of hydrogen-bond donors (Lipinski definition) is 0. The summed E-state index contributed by atoms with van der Waals surface area (Å²) < 4.78 is 0. The van der Waals surface area contributed by atoms with Crippen molar-refractivity contribution in [1.29, 1.82) is 0 Å². The van der Waals surface area contributed by atoms with Gasteiger partial charge in [-0.2, -0.15) is 0 Å². The Bertz CT molecular complexity index is 3440. The molecule has 2 aliphatic rings. The highest BCUT2D eigenvalue weighted by molar-refractivity contribution is 6.23. The van der Waals surface area contributed by atoms with E-state index >= 15 is 0 Å². The monoisotopic (exact) mass is 800 g/mol. The molecular formula is C61H40N2. The van der Waals surface area contributed by atoms with Crippen molar-refractivity contribution in [1.82, 2.24) is 0 Å². The second kappa shape index (κ2) is 13.9. The molecule has 0 heterocycles. The first kappa shape index (κ1) is 35.5. The average molecular weight is 801 g/mol. The summed E-state index contributed by atoms with van der Waals surface area (Å²) in [6.45, 7) is 0. The minimum absolute atomic E-state index is 0.595. The van der Waals surface area contributed by atoms with E-state index in [-0.39, 0.29) is 0 Å². The Kier molecular flexibility index (Phi) is 7.85. The van der Waals surface area contributed by atoms with Crippen molar-refractivity contribution in [3.63, 3.8) is 0 Å². The fourth-order valence-electron chi connectivity index (χ4n) is 11.2. The topological polar surface area (TPSA) is 6.48 Å². The number of nitrogens with zero attached hydrogens (tertiary/aromatic N) is 2. The van der Waals surface area contributed by atoms with E-state index in [0.717, 1.165) is 34.1 Å². The number of benzene rings is 11. The standard InChI is InChI=1S/C61H40N2/c1-5-21-41(22-6-1)62(42-23-7-2-8-24-42)45-37-38-52-53(39-45)46-29-13-15-33-50(46)58-54-40-57(63(43-25-9-3-10-26-43)44-27-11-4-12-28-44)49-32-14-16-34-51(49)59(54)61(60(52)58)55-35-19-17-30-47(55)48-31-18-20-36-56(48)61/h1-40H. The van der Waals surface area contributed by atoms with Crippen molar-refractivity contribution in [3.05, 3.63) is 265 Å². The fourth-order valence-corrected chi connectivity index (χ4v) is 11.2. The van der Waals surface area contributed by atoms with Crippen LogP contribution in [0.4, 0.5) is 34.1 Å². The van der Waals surface area contributed by atoms with E-state index in [2.05, 4.69) is 252 Å². The molecule has 0 bridgehead atoms. The summed E-state index contributed by atoms with van der Waals surface area (Å²) in [6, 6.07) is 89.5. The molecule has 0 saturated carbocycles. The maximum absolute atomic E-state index is 2.52. The maximum atomic E-state index is 2.52. The first-order valence-corrected chi connectivity index (χ1v) is 21.9. The predicted octanol–water partition coefficient (Wildman–Crippen LogP) is 16.4. The molecule has 13 rings (SSSR count). The third kappa shape index (κ3) is 5.07. The smallest absolute Gasteiger partial charge is 0.0737 e. The lowest BCUT2D eigenvalue weighted by molar-refractivity contribution is 0.809. The van der Waals surface area contributed by atoms with Gasteiger partial charge in [-0.1, -0.05) is 176 Å². The molecule has 11 aromatic carbocycles. The molecular weight excluding hydrogens is 761 g/mol. The molecule has 0 fully saturated rings. The summed E-state index contributed by atoms with van der Waals surface area (Å²) >= 11 is 0. The van der Waals surface area contributed by atoms with Crippen molar-refractivity contribution < 1.29 is 0 Å². The predicted molar refractivity (Wildman–Crippen MR) is 265 cm³/mol. The highest BCUT2D eigenvalue weighted by Crippen LogP contribution is 2.67. The van der Waals surface area contributed by atoms with Gasteiger partial charge in [0.25, 0.3) is 0 Å². The van der Waals surface area contributed by atoms with E-state index in [9.17, 15) is 0 Å². The van der Waals surface area contributed by atoms with E-state index in [1.54, 1.807) is 0 Å². The Morgan fingerprint density at radius 1 is 0.254 bits per heavy atom. The summed E-state index contributed by atoms with van der Waals surface area (Å²) in [4.78, 5) is 4.83. The van der Waals surface area contributed by atoms with Gasteiger partial charge in [0.15, 0.2) is 0 Å². The molecule has 11 aromatic rings. The normalized spacial score (nSPS) is 12.9. The maximum Gasteiger partial charge on any atom is 0.0737 e. The van der Waals surface area contributed by atoms with Crippen LogP contribution >= 0.6 is 0 Å². The molecule has 0 aliphatic heterocycles. The van der Waals surface area contributed by atoms with E-state index in [4.69, 9.17) is 0 Å². The second-order valence-electron chi connectivity index (χ2n) is 16.7. The van der Waals surface area contributed by atoms with Crippen molar-refractivity contribution in [2.75, 3.05) is 9.80 Å². The first-order valence-electron chi connectivity index (χ1n) is 21.9. The van der Waals surface area contributed by atoms with Crippen LogP contribution in [0.2, 0.25) is 0 Å². The van der Waals surface area contributed by atoms with Crippen LogP contribution in [0.15, 0.2) is 243 Å². The number of hydrogen-bond acceptors (Lipinski definition) is 2. The third-order valence-corrected chi connectivity index (χ3v) is 13.6. The Labute approximate surface area is 367 Å². The lowest BCUT2D eigenvalue weighted by Crippen LogP contribution is -2.26. The van der Waals surface area contributed by atoms with Crippen molar-refractivity contribution in [2.24, 2.45) is 0 Å². The van der Waals surface area contributed by atoms with Crippen LogP contribution < -0.4 is 9.80 Å². The molecule has 0 amide bonds. The number of fused-ring (bicyclic) bond motifs is 17. The highest BCUT2D eigenvalue weighted by Gasteiger charge is 2.54. The minimum atomic E-state index is -0.595. The van der Waals surface area contributed by atoms with Gasteiger partial charge in [0.1, 0.15) is 0 Å². The summed E-state index contributed by atoms with van der Waals surface area (Å²) in [6.07, 6.45) is 0. The lowest BCUT2D eigenvalue weighted by atomic mass is 9.68. The van der Waals surface area contributed by atoms with Crippen LogP contribution in [-0.2, 0) is 5.41 Å². The summed E-state index contributed by atoms with van der Waals surface area (Å²) in [5, 5.41) is 7.50. The molecule has 0 unspecified atom stereocenters. The van der Waals surface area contributed by atoms with Crippen LogP contribution in [0.3, 0.4) is 0 Å². The fraction of sp³-hybridized carbons (Fsp3) is 0.0164. The molecule has 0 atom stereocenters. The summed E-state index contributed by atoms with van der Waals surface area (Å²) in [5.41, 5.74) is 16.7. The first-order chi connectivity index (χ1) is 31.3. The molecule has 1 spiro atoms. The van der Waals surface area contributed by atoms with Gasteiger partial charge in [0, 0.05) is 33.8 Å². The van der Waals surface area contributed by atoms with Gasteiger partial charge in [-0.15, -0.1) is 0 Å². The average Bonchev–Trinajstić information content (AvgIpc) is 3.83. The molecule has 63 heavy (non-hydrogen) atoms. The zero-order valence-corrected chi connectivity index (χ0v) is 34.5. The summed E-state index contributed by atoms with van der Waals surface area (Å²) in [5.74, 6) is 0. The van der Waals surface area contributed by atoms with Crippen molar-refractivity contribution >= 4 is 66.4 Å². The van der Waals surface area contributed by atoms with E-state index in [0.29, 0.717) is 0 Å². The van der Waals surface area contributed by atoms with Crippen molar-refractivity contribution in [3.8, 4) is 22.3 Å². The lowest BCUT2D eigenvalue weighted by Gasteiger charge is -2.34. The SMILES string of the molecule is c1ccc(N(c2ccccc2)c2ccc3c4c(c5ccccc5c3c2)-c2cc(N(c3ccccc3)c3ccccc3)c3ccccc3c2C42c3ccccc3-c3ccccc32)cc1. The molecule has 0 saturated heterocycles. The van der Waals surface area contributed by atoms with Gasteiger partial charge in [0.05, 0.1) is 11.1 Å². The van der Waals surface area contributed by atoms with E-state index in [1.165, 1.54) is 76.8 Å². The van der Waals surface area contributed by atoms with Crippen LogP contribution in [0.25, 0.3) is 54.6 Å². The third-order valence-electron chi connectivity index (χ3n) is 13.6. The van der Waals surface area contributed by atoms with Gasteiger partial charge >= 0.3 is 0 Å². The van der Waals surface area contributed by atoms with Gasteiger partial charge in [-0.25, -0.2) is 0 Å². The molecule has 0 N–H and O–H groups in total. The van der Waals surface area contributed by atoms with E-state index < -0.39 is 5.41 Å². The zero-order chi connectivity index (χ0) is 41.5. The molecule has 294 valence electrons. The zero-order valence-electron chi connectivity index (χ0n) is 34.5. The largest absolute Gasteiger partial charge is 0.310 e. The quantitative estimate of drug-likeness (QED) is 0.155. The Morgan fingerprint density at radius 2 is 0.683 bits per heavy atom. The second-order valence-corrected chi connectivity index (χ2v) is 16.7. The van der Waals surface area contributed by atoms with E-state index in [1.807, 2.05) is 0 Å². The van der Waals surface area contributed by atoms with Crippen LogP contribution in [0, 0.1) is 0 Å². The van der Waals surface area contributed by atoms with Crippen LogP contribution in [0.5, 0.6) is 0 Å². The number of rotatable bonds is 6. The number of anilines is 6. The van der Waals surface area contributed by atoms with Gasteiger partial charge in [0.2, 0.25) is 0 Å². The molecule has 2 aliphatic carbocycles. The molecule has 2 nitrogen and oxygen atoms in total. The molecule has 0 aromatic heterocycles. The minimum Gasteiger partial charge on any atom is -0.310 e. The molecule has 0 radical (unpaired) electrons. The Morgan fingerprint density at radius 3 is 1.24 bits per heavy atom. The summed E-state index contributed by atoms with van der Waals surface area (Å²) in [7, 11) is 0. The van der Waals surface area contributed by atoms with Crippen LogP contribution in [-0.4, -0.2) is 0 Å².